The summed E-state index contributed by atoms with van der Waals surface area (Å²) in [4.78, 5) is 26.4. The molecule has 0 aliphatic carbocycles. The smallest absolute Gasteiger partial charge is 0.238 e. The van der Waals surface area contributed by atoms with E-state index in [0.717, 1.165) is 110 Å². The van der Waals surface area contributed by atoms with Gasteiger partial charge in [-0.25, -0.2) is 15.0 Å². The summed E-state index contributed by atoms with van der Waals surface area (Å²) >= 11 is 0. The Balaban J connectivity index is 1.00. The summed E-state index contributed by atoms with van der Waals surface area (Å²) in [7, 11) is 0. The number of benzene rings is 9. The molecule has 0 unspecified atom stereocenters. The monoisotopic (exact) mass is 883 g/mol. The van der Waals surface area contributed by atoms with Gasteiger partial charge in [-0.1, -0.05) is 170 Å². The summed E-state index contributed by atoms with van der Waals surface area (Å²) in [6, 6.07) is 77.3. The summed E-state index contributed by atoms with van der Waals surface area (Å²) in [6.45, 7) is 0. The van der Waals surface area contributed by atoms with E-state index in [2.05, 4.69) is 155 Å². The molecule has 322 valence electrons. The van der Waals surface area contributed by atoms with E-state index in [1.54, 1.807) is 0 Å². The van der Waals surface area contributed by atoms with Gasteiger partial charge in [0.1, 0.15) is 16.8 Å². The average molecular weight is 884 g/mol. The van der Waals surface area contributed by atoms with Crippen LogP contribution in [0.4, 0.5) is 0 Å². The Bertz CT molecular complexity index is 4250. The molecule has 0 spiro atoms. The van der Waals surface area contributed by atoms with Crippen LogP contribution in [0.2, 0.25) is 0 Å². The third-order valence-electron chi connectivity index (χ3n) is 13.2. The third kappa shape index (κ3) is 6.27. The van der Waals surface area contributed by atoms with E-state index < -0.39 is 0 Å². The molecule has 0 atom stereocenters. The van der Waals surface area contributed by atoms with Crippen molar-refractivity contribution in [3.63, 3.8) is 0 Å². The fourth-order valence-electron chi connectivity index (χ4n) is 10.1. The van der Waals surface area contributed by atoms with Crippen LogP contribution in [-0.2, 0) is 0 Å². The highest BCUT2D eigenvalue weighted by Gasteiger charge is 2.24. The Morgan fingerprint density at radius 2 is 0.899 bits per heavy atom. The number of aromatic nitrogens is 7. The van der Waals surface area contributed by atoms with Crippen LogP contribution in [0.15, 0.2) is 229 Å². The first-order valence-corrected chi connectivity index (χ1v) is 23.0. The fraction of sp³-hybridized carbons (Fsp3) is 0. The zero-order chi connectivity index (χ0) is 45.4. The standard InChI is InChI=1S/C61H37N7O/c1-4-18-38(19-5-1)57-63-58(39-20-6-2-7-21-39)66-61(65-57)68-50-31-13-10-26-45(50)49-37-42(34-35-52(49)68)59-62-55(54-48-28-11-14-32-51(48)67(60(54)64-59)43-24-8-3-9-25-43)41-23-16-22-40(36-41)44-29-17-30-47-46-27-12-15-33-53(46)69-56(44)47/h1-37H. The van der Waals surface area contributed by atoms with Gasteiger partial charge in [-0.2, -0.15) is 9.97 Å². The van der Waals surface area contributed by atoms with Crippen molar-refractivity contribution in [3.05, 3.63) is 224 Å². The minimum Gasteiger partial charge on any atom is -0.455 e. The van der Waals surface area contributed by atoms with Crippen LogP contribution < -0.4 is 0 Å². The molecule has 0 bridgehead atoms. The maximum Gasteiger partial charge on any atom is 0.238 e. The highest BCUT2D eigenvalue weighted by atomic mass is 16.3. The van der Waals surface area contributed by atoms with Crippen LogP contribution in [-0.4, -0.2) is 34.1 Å². The molecule has 0 aliphatic rings. The van der Waals surface area contributed by atoms with Crippen LogP contribution in [0, 0.1) is 0 Å². The zero-order valence-corrected chi connectivity index (χ0v) is 36.9. The van der Waals surface area contributed by atoms with E-state index >= 15 is 0 Å². The van der Waals surface area contributed by atoms with Gasteiger partial charge in [0.05, 0.1) is 27.6 Å². The lowest BCUT2D eigenvalue weighted by molar-refractivity contribution is 0.670. The molecular weight excluding hydrogens is 847 g/mol. The molecule has 0 N–H and O–H groups in total. The number of nitrogens with zero attached hydrogens (tertiary/aromatic N) is 7. The average Bonchev–Trinajstić information content (AvgIpc) is 4.09. The normalized spacial score (nSPS) is 11.8. The Morgan fingerprint density at radius 1 is 0.333 bits per heavy atom. The van der Waals surface area contributed by atoms with E-state index in [-0.39, 0.29) is 0 Å². The number of rotatable bonds is 7. The number of hydrogen-bond donors (Lipinski definition) is 0. The minimum atomic E-state index is 0.534. The summed E-state index contributed by atoms with van der Waals surface area (Å²) in [5.74, 6) is 2.35. The predicted molar refractivity (Wildman–Crippen MR) is 279 cm³/mol. The van der Waals surface area contributed by atoms with E-state index in [4.69, 9.17) is 29.3 Å². The Kier molecular flexibility index (Phi) is 8.72. The van der Waals surface area contributed by atoms with Gasteiger partial charge >= 0.3 is 0 Å². The van der Waals surface area contributed by atoms with Crippen LogP contribution in [0.3, 0.4) is 0 Å². The topological polar surface area (TPSA) is 87.5 Å². The molecule has 5 aromatic heterocycles. The summed E-state index contributed by atoms with van der Waals surface area (Å²) in [5.41, 5.74) is 13.1. The van der Waals surface area contributed by atoms with E-state index in [9.17, 15) is 0 Å². The highest BCUT2D eigenvalue weighted by Crippen LogP contribution is 2.42. The van der Waals surface area contributed by atoms with Crippen LogP contribution in [0.5, 0.6) is 0 Å². The molecule has 9 aromatic carbocycles. The van der Waals surface area contributed by atoms with Crippen LogP contribution >= 0.6 is 0 Å². The Hall–Kier alpha value is -9.53. The Labute approximate surface area is 395 Å². The van der Waals surface area contributed by atoms with Crippen molar-refractivity contribution in [1.82, 2.24) is 34.1 Å². The second kappa shape index (κ2) is 15.5. The lowest BCUT2D eigenvalue weighted by atomic mass is 9.98. The first-order chi connectivity index (χ1) is 34.2. The molecule has 8 nitrogen and oxygen atoms in total. The molecular formula is C61H37N7O. The van der Waals surface area contributed by atoms with Crippen molar-refractivity contribution in [3.8, 4) is 68.2 Å². The second-order valence-corrected chi connectivity index (χ2v) is 17.2. The maximum atomic E-state index is 6.55. The molecule has 0 saturated carbocycles. The van der Waals surface area contributed by atoms with Crippen LogP contribution in [0.1, 0.15) is 0 Å². The molecule has 0 radical (unpaired) electrons. The number of hydrogen-bond acceptors (Lipinski definition) is 6. The molecule has 8 heteroatoms. The summed E-state index contributed by atoms with van der Waals surface area (Å²) in [6.07, 6.45) is 0. The van der Waals surface area contributed by atoms with Crippen molar-refractivity contribution in [2.75, 3.05) is 0 Å². The fourth-order valence-corrected chi connectivity index (χ4v) is 10.1. The minimum absolute atomic E-state index is 0.534. The van der Waals surface area contributed by atoms with Crippen molar-refractivity contribution < 1.29 is 4.42 Å². The SMILES string of the molecule is c1ccc(-c2nc(-c3ccccc3)nc(-n3c4ccccc4c4cc(-c5nc(-c6cccc(-c7cccc8c7oc7ccccc78)c6)c6c7ccccc7n(-c7ccccc7)c6n5)ccc43)n2)cc1. The second-order valence-electron chi connectivity index (χ2n) is 17.2. The first-order valence-electron chi connectivity index (χ1n) is 23.0. The molecule has 14 rings (SSSR count). The third-order valence-corrected chi connectivity index (χ3v) is 13.2. The van der Waals surface area contributed by atoms with Crippen molar-refractivity contribution >= 4 is 65.7 Å². The van der Waals surface area contributed by atoms with Gasteiger partial charge in [0, 0.05) is 60.4 Å². The summed E-state index contributed by atoms with van der Waals surface area (Å²) in [5, 5.41) is 6.33. The molecule has 0 aliphatic heterocycles. The first kappa shape index (κ1) is 38.7. The molecule has 5 heterocycles. The van der Waals surface area contributed by atoms with E-state index in [1.807, 2.05) is 78.9 Å². The largest absolute Gasteiger partial charge is 0.455 e. The number of fused-ring (bicyclic) bond motifs is 9. The van der Waals surface area contributed by atoms with Crippen molar-refractivity contribution in [1.29, 1.82) is 0 Å². The predicted octanol–water partition coefficient (Wildman–Crippen LogP) is 15.1. The van der Waals surface area contributed by atoms with Gasteiger partial charge < -0.3 is 4.42 Å². The highest BCUT2D eigenvalue weighted by molar-refractivity contribution is 6.15. The molecule has 0 fully saturated rings. The van der Waals surface area contributed by atoms with Crippen molar-refractivity contribution in [2.24, 2.45) is 0 Å². The van der Waals surface area contributed by atoms with E-state index in [0.29, 0.717) is 23.4 Å². The van der Waals surface area contributed by atoms with Gasteiger partial charge in [0.15, 0.2) is 17.5 Å². The maximum absolute atomic E-state index is 6.55. The molecule has 14 aromatic rings. The number of para-hydroxylation sites is 5. The molecule has 0 saturated heterocycles. The van der Waals surface area contributed by atoms with Gasteiger partial charge in [-0.3, -0.25) is 9.13 Å². The van der Waals surface area contributed by atoms with E-state index in [1.165, 1.54) is 0 Å². The summed E-state index contributed by atoms with van der Waals surface area (Å²) < 4.78 is 11.0. The van der Waals surface area contributed by atoms with Gasteiger partial charge in [-0.05, 0) is 60.2 Å². The lowest BCUT2D eigenvalue weighted by Crippen LogP contribution is -2.06. The molecule has 69 heavy (non-hydrogen) atoms. The van der Waals surface area contributed by atoms with Gasteiger partial charge in [0.2, 0.25) is 5.95 Å². The Morgan fingerprint density at radius 3 is 1.65 bits per heavy atom. The lowest BCUT2D eigenvalue weighted by Gasteiger charge is -2.12. The van der Waals surface area contributed by atoms with Crippen LogP contribution in [0.25, 0.3) is 134 Å². The molecule has 0 amide bonds. The van der Waals surface area contributed by atoms with Gasteiger partial charge in [-0.15, -0.1) is 0 Å². The van der Waals surface area contributed by atoms with Gasteiger partial charge in [0.25, 0.3) is 0 Å². The number of furan rings is 1. The zero-order valence-electron chi connectivity index (χ0n) is 36.9. The van der Waals surface area contributed by atoms with Crippen molar-refractivity contribution in [2.45, 2.75) is 0 Å². The quantitative estimate of drug-likeness (QED) is 0.158.